The maximum atomic E-state index is 10.8. The second-order valence-electron chi connectivity index (χ2n) is 9.36. The summed E-state index contributed by atoms with van der Waals surface area (Å²) < 4.78 is 0. The number of fused-ring (bicyclic) bond motifs is 5. The van der Waals surface area contributed by atoms with Crippen LogP contribution in [0.25, 0.3) is 0 Å². The van der Waals surface area contributed by atoms with Crippen molar-refractivity contribution in [2.45, 2.75) is 83.5 Å². The Morgan fingerprint density at radius 1 is 0.727 bits per heavy atom. The van der Waals surface area contributed by atoms with E-state index in [2.05, 4.69) is 13.8 Å². The zero-order chi connectivity index (χ0) is 15.7. The Bertz CT molecular complexity index is 452. The molecule has 0 spiro atoms. The predicted molar refractivity (Wildman–Crippen MR) is 85.1 cm³/mol. The molecule has 4 fully saturated rings. The molecule has 3 nitrogen and oxygen atoms in total. The van der Waals surface area contributed by atoms with Crippen LogP contribution in [0.4, 0.5) is 0 Å². The van der Waals surface area contributed by atoms with Crippen LogP contribution in [-0.2, 0) is 0 Å². The SMILES string of the molecule is C[C@]12CC[C@H](O)C[C@@H]1[C@@H](O)C[C@@H]1[C@@H]2CC[C@]2(C)[C@H](O)CC[C@@H]12. The first-order valence-corrected chi connectivity index (χ1v) is 9.40. The van der Waals surface area contributed by atoms with E-state index in [-0.39, 0.29) is 35.1 Å². The van der Waals surface area contributed by atoms with Crippen LogP contribution >= 0.6 is 0 Å². The molecule has 4 aliphatic carbocycles. The van der Waals surface area contributed by atoms with Gasteiger partial charge in [-0.15, -0.1) is 0 Å². The maximum Gasteiger partial charge on any atom is 0.0596 e. The topological polar surface area (TPSA) is 60.7 Å². The highest BCUT2D eigenvalue weighted by atomic mass is 16.3. The Labute approximate surface area is 134 Å². The first kappa shape index (κ1) is 15.4. The summed E-state index contributed by atoms with van der Waals surface area (Å²) in [6.45, 7) is 4.68. The molecule has 4 saturated carbocycles. The summed E-state index contributed by atoms with van der Waals surface area (Å²) in [7, 11) is 0. The highest BCUT2D eigenvalue weighted by Gasteiger charge is 2.61. The van der Waals surface area contributed by atoms with Crippen molar-refractivity contribution in [3.8, 4) is 0 Å². The van der Waals surface area contributed by atoms with Gasteiger partial charge in [0.15, 0.2) is 0 Å². The fourth-order valence-electron chi connectivity index (χ4n) is 7.25. The van der Waals surface area contributed by atoms with E-state index in [9.17, 15) is 15.3 Å². The fourth-order valence-corrected chi connectivity index (χ4v) is 7.25. The Morgan fingerprint density at radius 2 is 1.41 bits per heavy atom. The van der Waals surface area contributed by atoms with Crippen molar-refractivity contribution in [1.82, 2.24) is 0 Å². The summed E-state index contributed by atoms with van der Waals surface area (Å²) in [5, 5.41) is 31.4. The van der Waals surface area contributed by atoms with E-state index in [1.807, 2.05) is 0 Å². The monoisotopic (exact) mass is 308 g/mol. The lowest BCUT2D eigenvalue weighted by Gasteiger charge is -2.61. The summed E-state index contributed by atoms with van der Waals surface area (Å²) in [5.41, 5.74) is 0.273. The largest absolute Gasteiger partial charge is 0.393 e. The summed E-state index contributed by atoms with van der Waals surface area (Å²) in [6, 6.07) is 0. The van der Waals surface area contributed by atoms with Gasteiger partial charge in [0.25, 0.3) is 0 Å². The zero-order valence-electron chi connectivity index (χ0n) is 14.0. The second-order valence-corrected chi connectivity index (χ2v) is 9.36. The predicted octanol–water partition coefficient (Wildman–Crippen LogP) is 2.72. The van der Waals surface area contributed by atoms with Gasteiger partial charge in [-0.25, -0.2) is 0 Å². The van der Waals surface area contributed by atoms with Gasteiger partial charge in [0.05, 0.1) is 18.3 Å². The molecule has 0 unspecified atom stereocenters. The minimum atomic E-state index is -0.263. The molecule has 0 saturated heterocycles. The van der Waals surface area contributed by atoms with Crippen molar-refractivity contribution in [1.29, 1.82) is 0 Å². The number of hydrogen-bond donors (Lipinski definition) is 3. The molecule has 0 radical (unpaired) electrons. The van der Waals surface area contributed by atoms with Crippen LogP contribution < -0.4 is 0 Å². The first-order chi connectivity index (χ1) is 10.4. The molecule has 9 atom stereocenters. The molecule has 0 aromatic heterocycles. The van der Waals surface area contributed by atoms with Crippen molar-refractivity contribution in [3.63, 3.8) is 0 Å². The van der Waals surface area contributed by atoms with Crippen LogP contribution in [0.5, 0.6) is 0 Å². The molecule has 0 bridgehead atoms. The average Bonchev–Trinajstić information content (AvgIpc) is 2.77. The van der Waals surface area contributed by atoms with Crippen molar-refractivity contribution in [2.75, 3.05) is 0 Å². The molecule has 3 N–H and O–H groups in total. The minimum Gasteiger partial charge on any atom is -0.393 e. The Balaban J connectivity index is 1.66. The molecule has 0 aromatic carbocycles. The fraction of sp³-hybridized carbons (Fsp3) is 1.00. The molecule has 3 heteroatoms. The molecule has 4 rings (SSSR count). The second kappa shape index (κ2) is 4.94. The number of aliphatic hydroxyl groups is 3. The lowest BCUT2D eigenvalue weighted by Crippen LogP contribution is -2.58. The highest BCUT2D eigenvalue weighted by molar-refractivity contribution is 5.11. The molecule has 0 aliphatic heterocycles. The van der Waals surface area contributed by atoms with E-state index in [0.717, 1.165) is 44.9 Å². The van der Waals surface area contributed by atoms with E-state index in [0.29, 0.717) is 17.8 Å². The van der Waals surface area contributed by atoms with Crippen LogP contribution in [0.2, 0.25) is 0 Å². The molecule has 126 valence electrons. The summed E-state index contributed by atoms with van der Waals surface area (Å²) in [5.74, 6) is 2.10. The van der Waals surface area contributed by atoms with E-state index < -0.39 is 0 Å². The highest BCUT2D eigenvalue weighted by Crippen LogP contribution is 2.66. The standard InChI is InChI=1S/C19H32O3/c1-18-7-5-11(20)9-15(18)16(21)10-12-13-3-4-17(22)19(13,2)8-6-14(12)18/h11-17,20-22H,3-10H2,1-2H3/t11-,12-,13-,14-,15+,16-,17+,18+,19-/m0/s1. The van der Waals surface area contributed by atoms with Gasteiger partial charge < -0.3 is 15.3 Å². The van der Waals surface area contributed by atoms with Crippen molar-refractivity contribution >= 4 is 0 Å². The summed E-state index contributed by atoms with van der Waals surface area (Å²) in [6.07, 6.45) is 7.42. The van der Waals surface area contributed by atoms with Gasteiger partial charge in [0.1, 0.15) is 0 Å². The van der Waals surface area contributed by atoms with Crippen LogP contribution in [0.15, 0.2) is 0 Å². The van der Waals surface area contributed by atoms with E-state index in [1.165, 1.54) is 6.42 Å². The third-order valence-corrected chi connectivity index (χ3v) is 8.60. The Kier molecular flexibility index (Phi) is 3.46. The van der Waals surface area contributed by atoms with Crippen LogP contribution in [0, 0.1) is 34.5 Å². The maximum absolute atomic E-state index is 10.8. The van der Waals surface area contributed by atoms with Crippen molar-refractivity contribution in [2.24, 2.45) is 34.5 Å². The number of aliphatic hydroxyl groups excluding tert-OH is 3. The summed E-state index contributed by atoms with van der Waals surface area (Å²) in [4.78, 5) is 0. The zero-order valence-corrected chi connectivity index (χ0v) is 14.0. The van der Waals surface area contributed by atoms with Gasteiger partial charge in [-0.1, -0.05) is 13.8 Å². The molecular formula is C19H32O3. The number of hydrogen-bond acceptors (Lipinski definition) is 3. The van der Waals surface area contributed by atoms with E-state index in [1.54, 1.807) is 0 Å². The molecular weight excluding hydrogens is 276 g/mol. The van der Waals surface area contributed by atoms with Crippen molar-refractivity contribution in [3.05, 3.63) is 0 Å². The third-order valence-electron chi connectivity index (χ3n) is 8.60. The van der Waals surface area contributed by atoms with Crippen molar-refractivity contribution < 1.29 is 15.3 Å². The molecule has 0 heterocycles. The quantitative estimate of drug-likeness (QED) is 0.645. The summed E-state index contributed by atoms with van der Waals surface area (Å²) >= 11 is 0. The van der Waals surface area contributed by atoms with Gasteiger partial charge in [0, 0.05) is 0 Å². The normalized spacial score (nSPS) is 61.2. The smallest absolute Gasteiger partial charge is 0.0596 e. The lowest BCUT2D eigenvalue weighted by atomic mass is 9.44. The van der Waals surface area contributed by atoms with Gasteiger partial charge in [-0.05, 0) is 85.9 Å². The van der Waals surface area contributed by atoms with E-state index >= 15 is 0 Å². The minimum absolute atomic E-state index is 0.0816. The lowest BCUT2D eigenvalue weighted by molar-refractivity contribution is -0.174. The Hall–Kier alpha value is -0.120. The van der Waals surface area contributed by atoms with Gasteiger partial charge in [-0.3, -0.25) is 0 Å². The van der Waals surface area contributed by atoms with Crippen LogP contribution in [-0.4, -0.2) is 33.6 Å². The molecule has 22 heavy (non-hydrogen) atoms. The van der Waals surface area contributed by atoms with Gasteiger partial charge in [0.2, 0.25) is 0 Å². The molecule has 0 amide bonds. The van der Waals surface area contributed by atoms with Crippen LogP contribution in [0.1, 0.15) is 65.2 Å². The first-order valence-electron chi connectivity index (χ1n) is 9.40. The Morgan fingerprint density at radius 3 is 2.18 bits per heavy atom. The average molecular weight is 308 g/mol. The van der Waals surface area contributed by atoms with E-state index in [4.69, 9.17) is 0 Å². The van der Waals surface area contributed by atoms with Gasteiger partial charge >= 0.3 is 0 Å². The van der Waals surface area contributed by atoms with Gasteiger partial charge in [-0.2, -0.15) is 0 Å². The van der Waals surface area contributed by atoms with Crippen LogP contribution in [0.3, 0.4) is 0 Å². The molecule has 0 aromatic rings. The molecule has 4 aliphatic rings. The number of rotatable bonds is 0. The third kappa shape index (κ3) is 1.91.